The highest BCUT2D eigenvalue weighted by Crippen LogP contribution is 2.31. The number of para-hydroxylation sites is 1. The number of urea groups is 1. The number of fused-ring (bicyclic) bond motifs is 1. The summed E-state index contributed by atoms with van der Waals surface area (Å²) in [6, 6.07) is 10.5. The molecule has 1 fully saturated rings. The van der Waals surface area contributed by atoms with Gasteiger partial charge in [0.1, 0.15) is 0 Å². The molecule has 2 N–H and O–H groups in total. The third-order valence-electron chi connectivity index (χ3n) is 4.88. The van der Waals surface area contributed by atoms with Crippen LogP contribution in [-0.2, 0) is 13.5 Å². The molecule has 130 valence electrons. The van der Waals surface area contributed by atoms with Gasteiger partial charge in [-0.25, -0.2) is 4.79 Å². The number of benzene rings is 1. The number of aryl methyl sites for hydroxylation is 1. The first-order valence-electron chi connectivity index (χ1n) is 8.80. The molecule has 0 saturated carbocycles. The van der Waals surface area contributed by atoms with E-state index >= 15 is 0 Å². The number of nitrogens with one attached hydrogen (secondary N) is 2. The first-order chi connectivity index (χ1) is 12.2. The lowest BCUT2D eigenvalue weighted by atomic mass is 10.1. The van der Waals surface area contributed by atoms with E-state index < -0.39 is 0 Å². The molecular weight excluding hydrogens is 314 g/mol. The average molecular weight is 337 g/mol. The minimum Gasteiger partial charge on any atom is -0.358 e. The molecule has 6 nitrogen and oxygen atoms in total. The maximum atomic E-state index is 12.6. The lowest BCUT2D eigenvalue weighted by Gasteiger charge is -2.24. The van der Waals surface area contributed by atoms with Crippen LogP contribution in [0.15, 0.2) is 42.7 Å². The Kier molecular flexibility index (Phi) is 4.17. The number of aromatic nitrogens is 3. The molecule has 0 spiro atoms. The van der Waals surface area contributed by atoms with Gasteiger partial charge in [0.15, 0.2) is 0 Å². The van der Waals surface area contributed by atoms with Crippen LogP contribution in [-0.4, -0.2) is 38.8 Å². The van der Waals surface area contributed by atoms with Crippen molar-refractivity contribution in [3.8, 4) is 0 Å². The Bertz CT molecular complexity index is 848. The van der Waals surface area contributed by atoms with E-state index in [-0.39, 0.29) is 12.1 Å². The minimum atomic E-state index is 0.0162. The summed E-state index contributed by atoms with van der Waals surface area (Å²) in [6.45, 7) is 1.43. The zero-order valence-corrected chi connectivity index (χ0v) is 14.4. The molecule has 25 heavy (non-hydrogen) atoms. The van der Waals surface area contributed by atoms with Crippen LogP contribution in [0.3, 0.4) is 0 Å². The molecule has 0 radical (unpaired) electrons. The van der Waals surface area contributed by atoms with Gasteiger partial charge in [-0.15, -0.1) is 0 Å². The van der Waals surface area contributed by atoms with Gasteiger partial charge in [0, 0.05) is 49.5 Å². The van der Waals surface area contributed by atoms with E-state index in [1.807, 2.05) is 36.5 Å². The summed E-state index contributed by atoms with van der Waals surface area (Å²) in [4.78, 5) is 17.9. The molecule has 0 aliphatic carbocycles. The van der Waals surface area contributed by atoms with Crippen molar-refractivity contribution in [2.45, 2.75) is 25.3 Å². The SMILES string of the molecule is Cn1cc([C@@H]2CCCN2C(=O)NCCc2cc3ccccc3[nH]2)cn1. The molecule has 4 rings (SSSR count). The molecule has 2 amide bonds. The van der Waals surface area contributed by atoms with Gasteiger partial charge < -0.3 is 15.2 Å². The van der Waals surface area contributed by atoms with E-state index in [2.05, 4.69) is 33.6 Å². The predicted octanol–water partition coefficient (Wildman–Crippen LogP) is 2.99. The van der Waals surface area contributed by atoms with Crippen molar-refractivity contribution in [3.05, 3.63) is 54.0 Å². The summed E-state index contributed by atoms with van der Waals surface area (Å²) in [7, 11) is 1.91. The lowest BCUT2D eigenvalue weighted by Crippen LogP contribution is -2.40. The van der Waals surface area contributed by atoms with Crippen molar-refractivity contribution >= 4 is 16.9 Å². The van der Waals surface area contributed by atoms with E-state index in [4.69, 9.17) is 0 Å². The second-order valence-electron chi connectivity index (χ2n) is 6.66. The summed E-state index contributed by atoms with van der Waals surface area (Å²) < 4.78 is 1.79. The van der Waals surface area contributed by atoms with Crippen LogP contribution < -0.4 is 5.32 Å². The number of nitrogens with zero attached hydrogens (tertiary/aromatic N) is 3. The van der Waals surface area contributed by atoms with Crippen LogP contribution in [0.4, 0.5) is 4.79 Å². The second-order valence-corrected chi connectivity index (χ2v) is 6.66. The molecule has 1 aliphatic heterocycles. The highest BCUT2D eigenvalue weighted by atomic mass is 16.2. The van der Waals surface area contributed by atoms with E-state index in [1.165, 1.54) is 5.39 Å². The number of likely N-dealkylation sites (tertiary alicyclic amines) is 1. The van der Waals surface area contributed by atoms with Crippen molar-refractivity contribution < 1.29 is 4.79 Å². The van der Waals surface area contributed by atoms with Gasteiger partial charge in [0.25, 0.3) is 0 Å². The summed E-state index contributed by atoms with van der Waals surface area (Å²) in [6.07, 6.45) is 6.70. The summed E-state index contributed by atoms with van der Waals surface area (Å²) >= 11 is 0. The summed E-state index contributed by atoms with van der Waals surface area (Å²) in [5.41, 5.74) is 3.40. The molecule has 0 bridgehead atoms. The first kappa shape index (κ1) is 15.7. The third-order valence-corrected chi connectivity index (χ3v) is 4.88. The van der Waals surface area contributed by atoms with Gasteiger partial charge in [-0.05, 0) is 30.4 Å². The van der Waals surface area contributed by atoms with Gasteiger partial charge in [0.2, 0.25) is 0 Å². The average Bonchev–Trinajstić information content (AvgIpc) is 3.32. The number of H-pyrrole nitrogens is 1. The van der Waals surface area contributed by atoms with E-state index in [9.17, 15) is 4.79 Å². The van der Waals surface area contributed by atoms with Crippen LogP contribution in [0.25, 0.3) is 10.9 Å². The van der Waals surface area contributed by atoms with Crippen molar-refractivity contribution in [1.29, 1.82) is 0 Å². The van der Waals surface area contributed by atoms with Crippen molar-refractivity contribution in [2.75, 3.05) is 13.1 Å². The fourth-order valence-electron chi connectivity index (χ4n) is 3.64. The van der Waals surface area contributed by atoms with Crippen LogP contribution in [0.1, 0.15) is 30.1 Å². The Labute approximate surface area is 146 Å². The molecular formula is C19H23N5O. The second kappa shape index (κ2) is 6.63. The van der Waals surface area contributed by atoms with Crippen molar-refractivity contribution in [1.82, 2.24) is 25.0 Å². The van der Waals surface area contributed by atoms with Crippen LogP contribution in [0.2, 0.25) is 0 Å². The van der Waals surface area contributed by atoms with Gasteiger partial charge in [-0.2, -0.15) is 5.10 Å². The monoisotopic (exact) mass is 337 g/mol. The highest BCUT2D eigenvalue weighted by Gasteiger charge is 2.30. The molecule has 1 aliphatic rings. The standard InChI is InChI=1S/C19H23N5O/c1-23-13-15(12-21-23)18-7-4-10-24(18)19(25)20-9-8-16-11-14-5-2-3-6-17(14)22-16/h2-3,5-6,11-13,18,22H,4,7-10H2,1H3,(H,20,25)/t18-/m0/s1. The number of hydrogen-bond donors (Lipinski definition) is 2. The van der Waals surface area contributed by atoms with Gasteiger partial charge >= 0.3 is 6.03 Å². The molecule has 1 aromatic carbocycles. The van der Waals surface area contributed by atoms with Crippen LogP contribution in [0, 0.1) is 0 Å². The van der Waals surface area contributed by atoms with E-state index in [0.717, 1.165) is 42.6 Å². The first-order valence-corrected chi connectivity index (χ1v) is 8.80. The Morgan fingerprint density at radius 3 is 3.08 bits per heavy atom. The maximum absolute atomic E-state index is 12.6. The number of rotatable bonds is 4. The Morgan fingerprint density at radius 2 is 2.28 bits per heavy atom. The molecule has 2 aromatic heterocycles. The number of carbonyl (C=O) groups excluding carboxylic acids is 1. The van der Waals surface area contributed by atoms with E-state index in [1.54, 1.807) is 4.68 Å². The van der Waals surface area contributed by atoms with Gasteiger partial charge in [-0.1, -0.05) is 18.2 Å². The van der Waals surface area contributed by atoms with Crippen LogP contribution in [0.5, 0.6) is 0 Å². The van der Waals surface area contributed by atoms with Crippen molar-refractivity contribution in [2.24, 2.45) is 7.05 Å². The molecule has 1 saturated heterocycles. The number of aromatic amines is 1. The molecule has 3 aromatic rings. The topological polar surface area (TPSA) is 66.0 Å². The summed E-state index contributed by atoms with van der Waals surface area (Å²) in [5, 5.41) is 8.50. The smallest absolute Gasteiger partial charge is 0.317 e. The molecule has 1 atom stereocenters. The maximum Gasteiger partial charge on any atom is 0.317 e. The molecule has 6 heteroatoms. The Balaban J connectivity index is 1.35. The zero-order chi connectivity index (χ0) is 17.2. The summed E-state index contributed by atoms with van der Waals surface area (Å²) in [5.74, 6) is 0. The minimum absolute atomic E-state index is 0.0162. The van der Waals surface area contributed by atoms with Crippen LogP contribution >= 0.6 is 0 Å². The van der Waals surface area contributed by atoms with Gasteiger partial charge in [0.05, 0.1) is 12.2 Å². The van der Waals surface area contributed by atoms with Gasteiger partial charge in [-0.3, -0.25) is 4.68 Å². The Morgan fingerprint density at radius 1 is 1.40 bits per heavy atom. The predicted molar refractivity (Wildman–Crippen MR) is 97.3 cm³/mol. The third kappa shape index (κ3) is 3.24. The fraction of sp³-hybridized carbons (Fsp3) is 0.368. The zero-order valence-electron chi connectivity index (χ0n) is 14.4. The highest BCUT2D eigenvalue weighted by molar-refractivity contribution is 5.80. The quantitative estimate of drug-likeness (QED) is 0.768. The Hall–Kier alpha value is -2.76. The largest absolute Gasteiger partial charge is 0.358 e. The number of hydrogen-bond acceptors (Lipinski definition) is 2. The molecule has 3 heterocycles. The number of carbonyl (C=O) groups is 1. The normalized spacial score (nSPS) is 17.3. The molecule has 0 unspecified atom stereocenters. The lowest BCUT2D eigenvalue weighted by molar-refractivity contribution is 0.193. The fourth-order valence-corrected chi connectivity index (χ4v) is 3.64. The van der Waals surface area contributed by atoms with E-state index in [0.29, 0.717) is 6.54 Å². The van der Waals surface area contributed by atoms with Crippen molar-refractivity contribution in [3.63, 3.8) is 0 Å². The number of amides is 2.